The first-order chi connectivity index (χ1) is 15.7. The third kappa shape index (κ3) is 4.25. The maximum absolute atomic E-state index is 13.9. The molecule has 3 N–H and O–H groups in total. The summed E-state index contributed by atoms with van der Waals surface area (Å²) in [5, 5.41) is 3.45. The van der Waals surface area contributed by atoms with Gasteiger partial charge in [0.2, 0.25) is 5.91 Å². The number of nitrogen functional groups attached to an aromatic ring is 1. The van der Waals surface area contributed by atoms with Crippen LogP contribution in [0.1, 0.15) is 70.3 Å². The lowest BCUT2D eigenvalue weighted by atomic mass is 9.82. The number of anilines is 1. The number of hydrogen-bond donors (Lipinski definition) is 2. The monoisotopic (exact) mass is 430 g/mol. The molecule has 0 spiro atoms. The van der Waals surface area contributed by atoms with Crippen molar-refractivity contribution >= 4 is 22.6 Å². The second-order valence-corrected chi connectivity index (χ2v) is 9.61. The standard InChI is InChI=1S/C27H34N4O/c28-21-13-9-12-20(18-21)26-30-23-16-7-8-17-24(23)31(26)25(19-10-3-1-4-11-19)27(32)29-22-14-5-2-6-15-22/h7-9,12-13,16-19,22,25H,1-6,10-11,14-15,28H2,(H,29,32). The summed E-state index contributed by atoms with van der Waals surface area (Å²) in [5.41, 5.74) is 9.76. The second kappa shape index (κ2) is 9.35. The van der Waals surface area contributed by atoms with Gasteiger partial charge in [-0.05, 0) is 55.9 Å². The molecule has 5 nitrogen and oxygen atoms in total. The Hall–Kier alpha value is -2.82. The Morgan fingerprint density at radius 1 is 0.938 bits per heavy atom. The van der Waals surface area contributed by atoms with Gasteiger partial charge < -0.3 is 15.6 Å². The minimum atomic E-state index is -0.249. The van der Waals surface area contributed by atoms with E-state index in [4.69, 9.17) is 10.7 Å². The van der Waals surface area contributed by atoms with Gasteiger partial charge in [0, 0.05) is 17.3 Å². The van der Waals surface area contributed by atoms with E-state index in [1.807, 2.05) is 42.5 Å². The van der Waals surface area contributed by atoms with Crippen LogP contribution >= 0.6 is 0 Å². The largest absolute Gasteiger partial charge is 0.399 e. The molecule has 1 unspecified atom stereocenters. The van der Waals surface area contributed by atoms with Crippen LogP contribution in [0.2, 0.25) is 0 Å². The highest BCUT2D eigenvalue weighted by Gasteiger charge is 2.35. The molecule has 5 rings (SSSR count). The van der Waals surface area contributed by atoms with Gasteiger partial charge in [0.25, 0.3) is 0 Å². The number of imidazole rings is 1. The van der Waals surface area contributed by atoms with Crippen molar-refractivity contribution in [2.45, 2.75) is 76.3 Å². The molecule has 32 heavy (non-hydrogen) atoms. The molecule has 1 aromatic heterocycles. The van der Waals surface area contributed by atoms with E-state index < -0.39 is 0 Å². The fourth-order valence-corrected chi connectivity index (χ4v) is 5.73. The minimum absolute atomic E-state index is 0.164. The van der Waals surface area contributed by atoms with E-state index >= 15 is 0 Å². The van der Waals surface area contributed by atoms with Crippen LogP contribution in [0.4, 0.5) is 5.69 Å². The third-order valence-electron chi connectivity index (χ3n) is 7.34. The first-order valence-corrected chi connectivity index (χ1v) is 12.3. The number of nitrogens with zero attached hydrogens (tertiary/aromatic N) is 2. The molecular formula is C27H34N4O. The molecule has 2 fully saturated rings. The molecule has 168 valence electrons. The number of benzene rings is 2. The Morgan fingerprint density at radius 3 is 2.41 bits per heavy atom. The van der Waals surface area contributed by atoms with Gasteiger partial charge in [0.15, 0.2) is 0 Å². The lowest BCUT2D eigenvalue weighted by Crippen LogP contribution is -2.43. The zero-order valence-electron chi connectivity index (χ0n) is 18.8. The van der Waals surface area contributed by atoms with Crippen LogP contribution in [0.25, 0.3) is 22.4 Å². The van der Waals surface area contributed by atoms with Gasteiger partial charge in [-0.3, -0.25) is 4.79 Å². The number of carbonyl (C=O) groups excluding carboxylic acids is 1. The van der Waals surface area contributed by atoms with Crippen LogP contribution in [0, 0.1) is 5.92 Å². The molecule has 0 radical (unpaired) electrons. The number of fused-ring (bicyclic) bond motifs is 1. The molecular weight excluding hydrogens is 396 g/mol. The lowest BCUT2D eigenvalue weighted by molar-refractivity contribution is -0.127. The molecule has 5 heteroatoms. The molecule has 2 aliphatic carbocycles. The predicted molar refractivity (Wildman–Crippen MR) is 130 cm³/mol. The van der Waals surface area contributed by atoms with Crippen LogP contribution in [0.5, 0.6) is 0 Å². The highest BCUT2D eigenvalue weighted by atomic mass is 16.2. The van der Waals surface area contributed by atoms with Crippen LogP contribution in [0.3, 0.4) is 0 Å². The van der Waals surface area contributed by atoms with Gasteiger partial charge >= 0.3 is 0 Å². The molecule has 1 heterocycles. The highest BCUT2D eigenvalue weighted by molar-refractivity contribution is 5.87. The summed E-state index contributed by atoms with van der Waals surface area (Å²) in [6.07, 6.45) is 11.7. The van der Waals surface area contributed by atoms with E-state index in [1.165, 1.54) is 38.5 Å². The zero-order valence-corrected chi connectivity index (χ0v) is 18.8. The van der Waals surface area contributed by atoms with Crippen molar-refractivity contribution in [2.24, 2.45) is 5.92 Å². The van der Waals surface area contributed by atoms with Gasteiger partial charge in [0.05, 0.1) is 11.0 Å². The zero-order chi connectivity index (χ0) is 21.9. The molecule has 0 saturated heterocycles. The Labute approximate surface area is 190 Å². The molecule has 2 aromatic carbocycles. The fraction of sp³-hybridized carbons (Fsp3) is 0.481. The van der Waals surface area contributed by atoms with Gasteiger partial charge in [-0.2, -0.15) is 0 Å². The first kappa shape index (κ1) is 21.0. The van der Waals surface area contributed by atoms with Gasteiger partial charge in [-0.1, -0.05) is 62.8 Å². The summed E-state index contributed by atoms with van der Waals surface area (Å²) in [7, 11) is 0. The molecule has 2 saturated carbocycles. The van der Waals surface area contributed by atoms with Crippen molar-refractivity contribution in [3.8, 4) is 11.4 Å². The van der Waals surface area contributed by atoms with Crippen LogP contribution in [-0.2, 0) is 4.79 Å². The number of amides is 1. The lowest BCUT2D eigenvalue weighted by Gasteiger charge is -2.33. The number of para-hydroxylation sites is 2. The summed E-state index contributed by atoms with van der Waals surface area (Å²) >= 11 is 0. The first-order valence-electron chi connectivity index (χ1n) is 12.3. The topological polar surface area (TPSA) is 72.9 Å². The molecule has 0 bridgehead atoms. The smallest absolute Gasteiger partial charge is 0.243 e. The average molecular weight is 431 g/mol. The van der Waals surface area contributed by atoms with Crippen molar-refractivity contribution in [3.05, 3.63) is 48.5 Å². The number of hydrogen-bond acceptors (Lipinski definition) is 3. The average Bonchev–Trinajstić information content (AvgIpc) is 3.20. The van der Waals surface area contributed by atoms with Gasteiger partial charge in [-0.15, -0.1) is 0 Å². The van der Waals surface area contributed by atoms with E-state index in [0.717, 1.165) is 48.1 Å². The number of nitrogens with two attached hydrogens (primary N) is 1. The third-order valence-corrected chi connectivity index (χ3v) is 7.34. The number of rotatable bonds is 5. The normalized spacial score (nSPS) is 19.1. The molecule has 1 atom stereocenters. The van der Waals surface area contributed by atoms with Crippen molar-refractivity contribution in [2.75, 3.05) is 5.73 Å². The van der Waals surface area contributed by atoms with E-state index in [0.29, 0.717) is 17.6 Å². The molecule has 1 amide bonds. The molecule has 2 aliphatic rings. The van der Waals surface area contributed by atoms with E-state index in [2.05, 4.69) is 16.0 Å². The summed E-state index contributed by atoms with van der Waals surface area (Å²) < 4.78 is 2.22. The highest BCUT2D eigenvalue weighted by Crippen LogP contribution is 2.38. The second-order valence-electron chi connectivity index (χ2n) is 9.61. The number of nitrogens with one attached hydrogen (secondary N) is 1. The van der Waals surface area contributed by atoms with Gasteiger partial charge in [-0.25, -0.2) is 4.98 Å². The summed E-state index contributed by atoms with van der Waals surface area (Å²) in [4.78, 5) is 18.9. The van der Waals surface area contributed by atoms with Crippen molar-refractivity contribution < 1.29 is 4.79 Å². The Kier molecular flexibility index (Phi) is 6.15. The predicted octanol–water partition coefficient (Wildman–Crippen LogP) is 5.86. The fourth-order valence-electron chi connectivity index (χ4n) is 5.73. The number of carbonyl (C=O) groups is 1. The van der Waals surface area contributed by atoms with Crippen molar-refractivity contribution in [3.63, 3.8) is 0 Å². The quantitative estimate of drug-likeness (QED) is 0.498. The molecule has 0 aliphatic heterocycles. The van der Waals surface area contributed by atoms with Crippen LogP contribution in [-0.4, -0.2) is 21.5 Å². The maximum atomic E-state index is 13.9. The Morgan fingerprint density at radius 2 is 1.66 bits per heavy atom. The summed E-state index contributed by atoms with van der Waals surface area (Å²) in [5.74, 6) is 1.33. The summed E-state index contributed by atoms with van der Waals surface area (Å²) in [6, 6.07) is 16.1. The van der Waals surface area contributed by atoms with E-state index in [-0.39, 0.29) is 11.9 Å². The van der Waals surface area contributed by atoms with E-state index in [1.54, 1.807) is 0 Å². The SMILES string of the molecule is Nc1cccc(-c2nc3ccccc3n2C(C(=O)NC2CCCCC2)C2CCCCC2)c1. The van der Waals surface area contributed by atoms with Crippen molar-refractivity contribution in [1.29, 1.82) is 0 Å². The van der Waals surface area contributed by atoms with Crippen LogP contribution in [0.15, 0.2) is 48.5 Å². The number of aromatic nitrogens is 2. The minimum Gasteiger partial charge on any atom is -0.399 e. The Bertz CT molecular complexity index is 1080. The molecule has 3 aromatic rings. The van der Waals surface area contributed by atoms with E-state index in [9.17, 15) is 4.79 Å². The van der Waals surface area contributed by atoms with Crippen LogP contribution < -0.4 is 11.1 Å². The van der Waals surface area contributed by atoms with Crippen molar-refractivity contribution in [1.82, 2.24) is 14.9 Å². The maximum Gasteiger partial charge on any atom is 0.243 e. The summed E-state index contributed by atoms with van der Waals surface area (Å²) in [6.45, 7) is 0. The van der Waals surface area contributed by atoms with Gasteiger partial charge in [0.1, 0.15) is 11.9 Å². The Balaban J connectivity index is 1.61.